The number of amides is 1. The molecule has 1 heterocycles. The summed E-state index contributed by atoms with van der Waals surface area (Å²) in [4.78, 5) is 16.2. The average molecular weight is 368 g/mol. The van der Waals surface area contributed by atoms with Crippen molar-refractivity contribution in [1.82, 2.24) is 4.98 Å². The van der Waals surface area contributed by atoms with Gasteiger partial charge < -0.3 is 5.32 Å². The molecule has 1 aromatic carbocycles. The van der Waals surface area contributed by atoms with Crippen LogP contribution in [0, 0.1) is 0 Å². The summed E-state index contributed by atoms with van der Waals surface area (Å²) in [6, 6.07) is 9.28. The zero-order valence-corrected chi connectivity index (χ0v) is 14.4. The standard InChI is InChI=1S/C16H16BrClN2O/c1-16(2,3)11-6-4-10(5-7-11)15(21)20-13-8-12(17)9-19-14(13)18/h4-9H,1-3H3,(H,20,21). The van der Waals surface area contributed by atoms with Crippen LogP contribution in [0.15, 0.2) is 41.0 Å². The minimum atomic E-state index is -0.211. The summed E-state index contributed by atoms with van der Waals surface area (Å²) in [6.07, 6.45) is 1.58. The number of benzene rings is 1. The normalized spacial score (nSPS) is 11.3. The highest BCUT2D eigenvalue weighted by Gasteiger charge is 2.15. The van der Waals surface area contributed by atoms with Gasteiger partial charge in [0.15, 0.2) is 5.15 Å². The van der Waals surface area contributed by atoms with E-state index in [4.69, 9.17) is 11.6 Å². The third-order valence-corrected chi connectivity index (χ3v) is 3.80. The topological polar surface area (TPSA) is 42.0 Å². The summed E-state index contributed by atoms with van der Waals surface area (Å²) in [5.74, 6) is -0.211. The van der Waals surface area contributed by atoms with Gasteiger partial charge in [0.1, 0.15) is 0 Å². The molecule has 1 N–H and O–H groups in total. The molecule has 2 rings (SSSR count). The first kappa shape index (κ1) is 16.0. The summed E-state index contributed by atoms with van der Waals surface area (Å²) >= 11 is 9.27. The lowest BCUT2D eigenvalue weighted by atomic mass is 9.87. The van der Waals surface area contributed by atoms with Gasteiger partial charge in [-0.15, -0.1) is 0 Å². The lowest BCUT2D eigenvalue weighted by molar-refractivity contribution is 0.102. The molecule has 0 radical (unpaired) electrons. The second-order valence-corrected chi connectivity index (χ2v) is 7.05. The van der Waals surface area contributed by atoms with E-state index in [1.807, 2.05) is 24.3 Å². The minimum absolute atomic E-state index is 0.0620. The van der Waals surface area contributed by atoms with Crippen molar-refractivity contribution < 1.29 is 4.79 Å². The second-order valence-electron chi connectivity index (χ2n) is 5.77. The SMILES string of the molecule is CC(C)(C)c1ccc(C(=O)Nc2cc(Br)cnc2Cl)cc1. The summed E-state index contributed by atoms with van der Waals surface area (Å²) in [5.41, 5.74) is 2.31. The average Bonchev–Trinajstić information content (AvgIpc) is 2.42. The molecular formula is C16H16BrClN2O. The molecule has 0 saturated carbocycles. The van der Waals surface area contributed by atoms with Crippen LogP contribution in [0.1, 0.15) is 36.7 Å². The van der Waals surface area contributed by atoms with Gasteiger partial charge in [-0.2, -0.15) is 0 Å². The number of hydrogen-bond donors (Lipinski definition) is 1. The Morgan fingerprint density at radius 3 is 2.43 bits per heavy atom. The third kappa shape index (κ3) is 4.05. The molecule has 3 nitrogen and oxygen atoms in total. The molecule has 21 heavy (non-hydrogen) atoms. The van der Waals surface area contributed by atoms with E-state index in [-0.39, 0.29) is 16.5 Å². The van der Waals surface area contributed by atoms with E-state index in [1.54, 1.807) is 12.3 Å². The number of aromatic nitrogens is 1. The fraction of sp³-hybridized carbons (Fsp3) is 0.250. The number of halogens is 2. The Morgan fingerprint density at radius 1 is 1.24 bits per heavy atom. The van der Waals surface area contributed by atoms with E-state index in [0.29, 0.717) is 11.3 Å². The number of pyridine rings is 1. The van der Waals surface area contributed by atoms with Crippen molar-refractivity contribution in [3.63, 3.8) is 0 Å². The van der Waals surface area contributed by atoms with Crippen molar-refractivity contribution in [2.24, 2.45) is 0 Å². The number of carbonyl (C=O) groups is 1. The lowest BCUT2D eigenvalue weighted by Crippen LogP contribution is -2.14. The molecule has 5 heteroatoms. The smallest absolute Gasteiger partial charge is 0.255 e. The fourth-order valence-electron chi connectivity index (χ4n) is 1.83. The molecule has 0 aliphatic heterocycles. The fourth-order valence-corrected chi connectivity index (χ4v) is 2.31. The maximum absolute atomic E-state index is 12.2. The minimum Gasteiger partial charge on any atom is -0.319 e. The molecule has 110 valence electrons. The van der Waals surface area contributed by atoms with Crippen molar-refractivity contribution in [3.05, 3.63) is 57.3 Å². The molecule has 0 aliphatic carbocycles. The summed E-state index contributed by atoms with van der Waals surface area (Å²) in [5, 5.41) is 3.02. The third-order valence-electron chi connectivity index (χ3n) is 3.07. The van der Waals surface area contributed by atoms with Crippen LogP contribution in [0.5, 0.6) is 0 Å². The highest BCUT2D eigenvalue weighted by Crippen LogP contribution is 2.25. The van der Waals surface area contributed by atoms with Gasteiger partial charge in [0.2, 0.25) is 0 Å². The van der Waals surface area contributed by atoms with Crippen LogP contribution in [0.3, 0.4) is 0 Å². The molecular weight excluding hydrogens is 352 g/mol. The number of nitrogens with zero attached hydrogens (tertiary/aromatic N) is 1. The van der Waals surface area contributed by atoms with Crippen molar-refractivity contribution in [2.45, 2.75) is 26.2 Å². The van der Waals surface area contributed by atoms with Gasteiger partial charge >= 0.3 is 0 Å². The van der Waals surface area contributed by atoms with E-state index in [0.717, 1.165) is 4.47 Å². The molecule has 1 amide bonds. The second kappa shape index (κ2) is 6.16. The number of carbonyl (C=O) groups excluding carboxylic acids is 1. The van der Waals surface area contributed by atoms with E-state index in [1.165, 1.54) is 5.56 Å². The Kier molecular flexibility index (Phi) is 4.69. The van der Waals surface area contributed by atoms with Crippen LogP contribution < -0.4 is 5.32 Å². The summed E-state index contributed by atoms with van der Waals surface area (Å²) < 4.78 is 0.755. The van der Waals surface area contributed by atoms with Gasteiger partial charge in [0.05, 0.1) is 5.69 Å². The van der Waals surface area contributed by atoms with Gasteiger partial charge in [-0.05, 0) is 45.1 Å². The Morgan fingerprint density at radius 2 is 1.86 bits per heavy atom. The molecule has 2 aromatic rings. The Hall–Kier alpha value is -1.39. The summed E-state index contributed by atoms with van der Waals surface area (Å²) in [6.45, 7) is 6.40. The Bertz CT molecular complexity index is 663. The van der Waals surface area contributed by atoms with Gasteiger partial charge in [0, 0.05) is 16.2 Å². The molecule has 0 spiro atoms. The molecule has 0 unspecified atom stereocenters. The van der Waals surface area contributed by atoms with Crippen molar-refractivity contribution in [3.8, 4) is 0 Å². The number of anilines is 1. The van der Waals surface area contributed by atoms with Crippen LogP contribution in [0.2, 0.25) is 5.15 Å². The number of nitrogens with one attached hydrogen (secondary N) is 1. The van der Waals surface area contributed by atoms with Crippen molar-refractivity contribution in [2.75, 3.05) is 5.32 Å². The Labute approximate surface area is 137 Å². The molecule has 0 fully saturated rings. The zero-order chi connectivity index (χ0) is 15.6. The van der Waals surface area contributed by atoms with Crippen LogP contribution >= 0.6 is 27.5 Å². The van der Waals surface area contributed by atoms with E-state index in [9.17, 15) is 4.79 Å². The van der Waals surface area contributed by atoms with Gasteiger partial charge in [0.25, 0.3) is 5.91 Å². The van der Waals surface area contributed by atoms with Crippen LogP contribution in [0.25, 0.3) is 0 Å². The largest absolute Gasteiger partial charge is 0.319 e. The quantitative estimate of drug-likeness (QED) is 0.755. The molecule has 1 aromatic heterocycles. The highest BCUT2D eigenvalue weighted by atomic mass is 79.9. The predicted molar refractivity (Wildman–Crippen MR) is 90.0 cm³/mol. The van der Waals surface area contributed by atoms with Crippen molar-refractivity contribution in [1.29, 1.82) is 0 Å². The first-order chi connectivity index (χ1) is 9.77. The lowest BCUT2D eigenvalue weighted by Gasteiger charge is -2.19. The zero-order valence-electron chi connectivity index (χ0n) is 12.1. The monoisotopic (exact) mass is 366 g/mol. The van der Waals surface area contributed by atoms with E-state index in [2.05, 4.69) is 47.0 Å². The Balaban J connectivity index is 2.19. The number of hydrogen-bond acceptors (Lipinski definition) is 2. The maximum Gasteiger partial charge on any atom is 0.255 e. The van der Waals surface area contributed by atoms with Crippen molar-refractivity contribution >= 4 is 39.1 Å². The van der Waals surface area contributed by atoms with E-state index >= 15 is 0 Å². The summed E-state index contributed by atoms with van der Waals surface area (Å²) in [7, 11) is 0. The van der Waals surface area contributed by atoms with Gasteiger partial charge in [-0.25, -0.2) is 4.98 Å². The molecule has 0 aliphatic rings. The molecule has 0 bridgehead atoms. The van der Waals surface area contributed by atoms with E-state index < -0.39 is 0 Å². The molecule has 0 saturated heterocycles. The van der Waals surface area contributed by atoms with Crippen LogP contribution in [-0.2, 0) is 5.41 Å². The van der Waals surface area contributed by atoms with Gasteiger partial charge in [-0.1, -0.05) is 44.5 Å². The van der Waals surface area contributed by atoms with Crippen LogP contribution in [0.4, 0.5) is 5.69 Å². The van der Waals surface area contributed by atoms with Gasteiger partial charge in [-0.3, -0.25) is 4.79 Å². The number of rotatable bonds is 2. The predicted octanol–water partition coefficient (Wildman–Crippen LogP) is 5.05. The first-order valence-corrected chi connectivity index (χ1v) is 7.67. The molecule has 0 atom stereocenters. The highest BCUT2D eigenvalue weighted by molar-refractivity contribution is 9.10. The first-order valence-electron chi connectivity index (χ1n) is 6.50. The van der Waals surface area contributed by atoms with Crippen LogP contribution in [-0.4, -0.2) is 10.9 Å². The maximum atomic E-state index is 12.2.